The molecule has 2 unspecified atom stereocenters. The molecule has 2 atom stereocenters. The summed E-state index contributed by atoms with van der Waals surface area (Å²) in [5.41, 5.74) is 0. The molecule has 2 N–H and O–H groups in total. The Hall–Kier alpha value is -0.870. The lowest BCUT2D eigenvalue weighted by molar-refractivity contribution is -0.125. The van der Waals surface area contributed by atoms with Crippen molar-refractivity contribution in [1.82, 2.24) is 10.6 Å². The second-order valence-corrected chi connectivity index (χ2v) is 3.74. The quantitative estimate of drug-likeness (QED) is 0.623. The van der Waals surface area contributed by atoms with Crippen molar-refractivity contribution in [3.05, 3.63) is 12.7 Å². The van der Waals surface area contributed by atoms with Crippen LogP contribution in [0, 0.1) is 5.92 Å². The van der Waals surface area contributed by atoms with E-state index >= 15 is 0 Å². The predicted octanol–water partition coefficient (Wildman–Crippen LogP) is 0.303. The first kappa shape index (κ1) is 12.2. The highest BCUT2D eigenvalue weighted by atomic mass is 16.5. The Morgan fingerprint density at radius 1 is 1.60 bits per heavy atom. The lowest BCUT2D eigenvalue weighted by Gasteiger charge is -2.17. The SMILES string of the molecule is C=CCNC(=O)C1COCC1NCCC. The summed E-state index contributed by atoms with van der Waals surface area (Å²) in [6, 6.07) is 0.162. The van der Waals surface area contributed by atoms with Gasteiger partial charge in [0.2, 0.25) is 5.91 Å². The van der Waals surface area contributed by atoms with Crippen LogP contribution in [0.25, 0.3) is 0 Å². The van der Waals surface area contributed by atoms with Crippen LogP contribution in [0.15, 0.2) is 12.7 Å². The van der Waals surface area contributed by atoms with Gasteiger partial charge in [0, 0.05) is 12.6 Å². The third-order valence-corrected chi connectivity index (χ3v) is 2.49. The van der Waals surface area contributed by atoms with Gasteiger partial charge in [-0.15, -0.1) is 6.58 Å². The monoisotopic (exact) mass is 212 g/mol. The maximum absolute atomic E-state index is 11.7. The molecule has 0 radical (unpaired) electrons. The number of hydrogen-bond acceptors (Lipinski definition) is 3. The number of carbonyl (C=O) groups excluding carboxylic acids is 1. The Morgan fingerprint density at radius 2 is 2.40 bits per heavy atom. The molecule has 1 aliphatic heterocycles. The summed E-state index contributed by atoms with van der Waals surface area (Å²) in [5, 5.41) is 6.13. The Bertz CT molecular complexity index is 219. The van der Waals surface area contributed by atoms with E-state index in [1.807, 2.05) is 0 Å². The third-order valence-electron chi connectivity index (χ3n) is 2.49. The minimum Gasteiger partial charge on any atom is -0.379 e. The lowest BCUT2D eigenvalue weighted by Crippen LogP contribution is -2.44. The molecule has 1 rings (SSSR count). The topological polar surface area (TPSA) is 50.4 Å². The van der Waals surface area contributed by atoms with E-state index in [1.54, 1.807) is 6.08 Å². The molecule has 4 heteroatoms. The van der Waals surface area contributed by atoms with E-state index in [-0.39, 0.29) is 17.9 Å². The van der Waals surface area contributed by atoms with Crippen LogP contribution in [-0.4, -0.2) is 38.3 Å². The molecular weight excluding hydrogens is 192 g/mol. The summed E-state index contributed by atoms with van der Waals surface area (Å²) in [6.07, 6.45) is 2.75. The summed E-state index contributed by atoms with van der Waals surface area (Å²) in [5.74, 6) is -0.00231. The van der Waals surface area contributed by atoms with Gasteiger partial charge in [-0.3, -0.25) is 4.79 Å². The van der Waals surface area contributed by atoms with Crippen LogP contribution in [0.1, 0.15) is 13.3 Å². The van der Waals surface area contributed by atoms with Gasteiger partial charge in [0.1, 0.15) is 0 Å². The van der Waals surface area contributed by atoms with Crippen LogP contribution in [-0.2, 0) is 9.53 Å². The van der Waals surface area contributed by atoms with E-state index in [0.29, 0.717) is 19.8 Å². The van der Waals surface area contributed by atoms with Gasteiger partial charge in [-0.1, -0.05) is 13.0 Å². The van der Waals surface area contributed by atoms with Gasteiger partial charge >= 0.3 is 0 Å². The number of ether oxygens (including phenoxy) is 1. The van der Waals surface area contributed by atoms with Crippen LogP contribution in [0.4, 0.5) is 0 Å². The molecule has 1 aliphatic rings. The minimum atomic E-state index is -0.0588. The number of carbonyl (C=O) groups is 1. The van der Waals surface area contributed by atoms with Crippen molar-refractivity contribution < 1.29 is 9.53 Å². The normalized spacial score (nSPS) is 25.1. The fraction of sp³-hybridized carbons (Fsp3) is 0.727. The highest BCUT2D eigenvalue weighted by Crippen LogP contribution is 2.13. The summed E-state index contributed by atoms with van der Waals surface area (Å²) in [6.45, 7) is 8.28. The van der Waals surface area contributed by atoms with Crippen molar-refractivity contribution in [1.29, 1.82) is 0 Å². The molecule has 86 valence electrons. The molecule has 0 aromatic carbocycles. The summed E-state index contributed by atoms with van der Waals surface area (Å²) in [4.78, 5) is 11.7. The van der Waals surface area contributed by atoms with Crippen molar-refractivity contribution in [3.63, 3.8) is 0 Å². The number of rotatable bonds is 6. The van der Waals surface area contributed by atoms with Crippen molar-refractivity contribution in [3.8, 4) is 0 Å². The van der Waals surface area contributed by atoms with Gasteiger partial charge in [0.25, 0.3) is 0 Å². The first-order chi connectivity index (χ1) is 7.29. The second kappa shape index (κ2) is 6.58. The number of amides is 1. The van der Waals surface area contributed by atoms with E-state index in [2.05, 4.69) is 24.1 Å². The predicted molar refractivity (Wildman–Crippen MR) is 59.6 cm³/mol. The maximum Gasteiger partial charge on any atom is 0.227 e. The molecular formula is C11H20N2O2. The molecule has 0 saturated carbocycles. The fourth-order valence-electron chi connectivity index (χ4n) is 1.65. The first-order valence-electron chi connectivity index (χ1n) is 5.49. The smallest absolute Gasteiger partial charge is 0.227 e. The van der Waals surface area contributed by atoms with Crippen molar-refractivity contribution in [2.24, 2.45) is 5.92 Å². The molecule has 0 spiro atoms. The van der Waals surface area contributed by atoms with E-state index in [0.717, 1.165) is 13.0 Å². The second-order valence-electron chi connectivity index (χ2n) is 3.74. The maximum atomic E-state index is 11.7. The summed E-state index contributed by atoms with van der Waals surface area (Å²) >= 11 is 0. The van der Waals surface area contributed by atoms with E-state index < -0.39 is 0 Å². The zero-order valence-electron chi connectivity index (χ0n) is 9.29. The Morgan fingerprint density at radius 3 is 3.07 bits per heavy atom. The highest BCUT2D eigenvalue weighted by molar-refractivity contribution is 5.80. The number of nitrogens with one attached hydrogen (secondary N) is 2. The lowest BCUT2D eigenvalue weighted by atomic mass is 10.0. The van der Waals surface area contributed by atoms with Gasteiger partial charge in [0.15, 0.2) is 0 Å². The molecule has 0 bridgehead atoms. The largest absolute Gasteiger partial charge is 0.379 e. The average molecular weight is 212 g/mol. The summed E-state index contributed by atoms with van der Waals surface area (Å²) < 4.78 is 5.32. The third kappa shape index (κ3) is 3.64. The fourth-order valence-corrected chi connectivity index (χ4v) is 1.65. The zero-order valence-corrected chi connectivity index (χ0v) is 9.29. The van der Waals surface area contributed by atoms with E-state index in [1.165, 1.54) is 0 Å². The summed E-state index contributed by atoms with van der Waals surface area (Å²) in [7, 11) is 0. The van der Waals surface area contributed by atoms with Crippen LogP contribution in [0.5, 0.6) is 0 Å². The molecule has 0 aliphatic carbocycles. The standard InChI is InChI=1S/C11H20N2O2/c1-3-5-12-10-8-15-7-9(10)11(14)13-6-4-2/h4,9-10,12H,2-3,5-8H2,1H3,(H,13,14). The molecule has 4 nitrogen and oxygen atoms in total. The molecule has 15 heavy (non-hydrogen) atoms. The Labute approximate surface area is 91.1 Å². The van der Waals surface area contributed by atoms with Crippen molar-refractivity contribution >= 4 is 5.91 Å². The van der Waals surface area contributed by atoms with Crippen LogP contribution < -0.4 is 10.6 Å². The number of hydrogen-bond donors (Lipinski definition) is 2. The van der Waals surface area contributed by atoms with E-state index in [4.69, 9.17) is 4.74 Å². The van der Waals surface area contributed by atoms with Gasteiger partial charge in [0.05, 0.1) is 19.1 Å². The molecule has 1 heterocycles. The van der Waals surface area contributed by atoms with Crippen molar-refractivity contribution in [2.75, 3.05) is 26.3 Å². The van der Waals surface area contributed by atoms with Crippen LogP contribution in [0.3, 0.4) is 0 Å². The van der Waals surface area contributed by atoms with Gasteiger partial charge in [-0.2, -0.15) is 0 Å². The minimum absolute atomic E-state index is 0.0565. The van der Waals surface area contributed by atoms with Crippen LogP contribution >= 0.6 is 0 Å². The Balaban J connectivity index is 2.37. The first-order valence-corrected chi connectivity index (χ1v) is 5.49. The molecule has 0 aromatic heterocycles. The highest BCUT2D eigenvalue weighted by Gasteiger charge is 2.33. The Kier molecular flexibility index (Phi) is 5.36. The molecule has 1 saturated heterocycles. The van der Waals surface area contributed by atoms with Gasteiger partial charge in [-0.05, 0) is 13.0 Å². The molecule has 1 fully saturated rings. The van der Waals surface area contributed by atoms with Gasteiger partial charge < -0.3 is 15.4 Å². The van der Waals surface area contributed by atoms with Crippen LogP contribution in [0.2, 0.25) is 0 Å². The average Bonchev–Trinajstić information content (AvgIpc) is 2.71. The zero-order chi connectivity index (χ0) is 11.1. The van der Waals surface area contributed by atoms with Crippen molar-refractivity contribution in [2.45, 2.75) is 19.4 Å². The van der Waals surface area contributed by atoms with Gasteiger partial charge in [-0.25, -0.2) is 0 Å². The van der Waals surface area contributed by atoms with E-state index in [9.17, 15) is 4.79 Å². The molecule has 0 aromatic rings. The molecule has 1 amide bonds.